The highest BCUT2D eigenvalue weighted by Crippen LogP contribution is 2.60. The summed E-state index contributed by atoms with van der Waals surface area (Å²) in [5.74, 6) is 1.30. The number of allylic oxidation sites excluding steroid dienone is 3. The van der Waals surface area contributed by atoms with Crippen LogP contribution in [0.4, 0.5) is 0 Å². The first kappa shape index (κ1) is 19.5. The molecule has 1 fully saturated rings. The normalized spacial score (nSPS) is 35.5. The van der Waals surface area contributed by atoms with Crippen molar-refractivity contribution in [1.29, 1.82) is 0 Å². The summed E-state index contributed by atoms with van der Waals surface area (Å²) in [7, 11) is 0. The van der Waals surface area contributed by atoms with Crippen molar-refractivity contribution in [3.8, 4) is 0 Å². The second-order valence-corrected chi connectivity index (χ2v) is 9.53. The molecule has 2 heteroatoms. The van der Waals surface area contributed by atoms with Crippen molar-refractivity contribution < 1.29 is 9.52 Å². The van der Waals surface area contributed by atoms with E-state index in [1.165, 1.54) is 31.3 Å². The van der Waals surface area contributed by atoms with Gasteiger partial charge in [-0.1, -0.05) is 38.0 Å². The van der Waals surface area contributed by atoms with Crippen LogP contribution in [0.2, 0.25) is 0 Å². The second kappa shape index (κ2) is 7.38. The van der Waals surface area contributed by atoms with Gasteiger partial charge in [0.25, 0.3) is 0 Å². The number of hydrogen-bond donors (Lipinski definition) is 1. The lowest BCUT2D eigenvalue weighted by molar-refractivity contribution is 0.0248. The van der Waals surface area contributed by atoms with E-state index in [1.54, 1.807) is 18.1 Å². The molecule has 0 aromatic carbocycles. The van der Waals surface area contributed by atoms with E-state index in [4.69, 9.17) is 4.42 Å². The molecule has 1 aromatic heterocycles. The maximum atomic E-state index is 10.8. The van der Waals surface area contributed by atoms with Crippen molar-refractivity contribution in [1.82, 2.24) is 0 Å². The minimum atomic E-state index is -0.431. The third-order valence-electron chi connectivity index (χ3n) is 7.59. The first-order valence-corrected chi connectivity index (χ1v) is 10.3. The molecule has 2 aliphatic carbocycles. The van der Waals surface area contributed by atoms with Gasteiger partial charge in [0.2, 0.25) is 0 Å². The smallest absolute Gasteiger partial charge is 0.0960 e. The van der Waals surface area contributed by atoms with Gasteiger partial charge in [0.1, 0.15) is 0 Å². The van der Waals surface area contributed by atoms with Crippen molar-refractivity contribution in [2.24, 2.45) is 22.7 Å². The summed E-state index contributed by atoms with van der Waals surface area (Å²) >= 11 is 0. The van der Waals surface area contributed by atoms with Crippen LogP contribution in [0.1, 0.15) is 84.3 Å². The van der Waals surface area contributed by atoms with Gasteiger partial charge in [-0.05, 0) is 80.6 Å². The Morgan fingerprint density at radius 1 is 1.38 bits per heavy atom. The largest absolute Gasteiger partial charge is 0.472 e. The zero-order valence-electron chi connectivity index (χ0n) is 17.1. The SMILES string of the molecule is C=C(C)CC[C@]1(C)C2=CCC[C@](C)(C[C@H](O)c3ccoc3)[C@H]2CC[C@H]1C. The maximum Gasteiger partial charge on any atom is 0.0960 e. The second-order valence-electron chi connectivity index (χ2n) is 9.53. The Morgan fingerprint density at radius 3 is 2.81 bits per heavy atom. The van der Waals surface area contributed by atoms with Crippen LogP contribution in [0.3, 0.4) is 0 Å². The maximum absolute atomic E-state index is 10.8. The van der Waals surface area contributed by atoms with Gasteiger partial charge in [0.05, 0.1) is 18.6 Å². The molecule has 5 atom stereocenters. The zero-order chi connectivity index (χ0) is 18.9. The van der Waals surface area contributed by atoms with E-state index >= 15 is 0 Å². The Morgan fingerprint density at radius 2 is 2.15 bits per heavy atom. The predicted octanol–water partition coefficient (Wildman–Crippen LogP) is 6.84. The van der Waals surface area contributed by atoms with Crippen LogP contribution in [0, 0.1) is 22.7 Å². The van der Waals surface area contributed by atoms with E-state index in [9.17, 15) is 5.11 Å². The van der Waals surface area contributed by atoms with Crippen LogP contribution in [-0.4, -0.2) is 5.11 Å². The molecule has 0 spiro atoms. The quantitative estimate of drug-likeness (QED) is 0.566. The molecule has 0 unspecified atom stereocenters. The topological polar surface area (TPSA) is 33.4 Å². The van der Waals surface area contributed by atoms with E-state index < -0.39 is 6.10 Å². The van der Waals surface area contributed by atoms with Crippen LogP contribution in [0.15, 0.2) is 46.8 Å². The molecule has 1 aromatic rings. The lowest BCUT2D eigenvalue weighted by atomic mass is 9.50. The Balaban J connectivity index is 1.84. The molecule has 26 heavy (non-hydrogen) atoms. The van der Waals surface area contributed by atoms with Crippen LogP contribution in [0.25, 0.3) is 0 Å². The van der Waals surface area contributed by atoms with E-state index in [0.29, 0.717) is 11.8 Å². The molecule has 2 nitrogen and oxygen atoms in total. The Kier molecular flexibility index (Phi) is 5.53. The Bertz CT molecular complexity index is 656. The molecule has 2 aliphatic rings. The molecule has 0 radical (unpaired) electrons. The van der Waals surface area contributed by atoms with Crippen molar-refractivity contribution in [3.05, 3.63) is 48.0 Å². The van der Waals surface area contributed by atoms with Gasteiger partial charge < -0.3 is 9.52 Å². The summed E-state index contributed by atoms with van der Waals surface area (Å²) in [6.07, 6.45) is 13.4. The van der Waals surface area contributed by atoms with Crippen LogP contribution >= 0.6 is 0 Å². The minimum Gasteiger partial charge on any atom is -0.472 e. The molecule has 1 N–H and O–H groups in total. The Labute approximate surface area is 159 Å². The predicted molar refractivity (Wildman–Crippen MR) is 108 cm³/mol. The summed E-state index contributed by atoms with van der Waals surface area (Å²) in [5.41, 5.74) is 4.30. The fraction of sp³-hybridized carbons (Fsp3) is 0.667. The zero-order valence-corrected chi connectivity index (χ0v) is 17.1. The molecule has 144 valence electrons. The third kappa shape index (κ3) is 3.58. The molecular weight excluding hydrogens is 320 g/mol. The molecule has 1 heterocycles. The fourth-order valence-electron chi connectivity index (χ4n) is 5.54. The van der Waals surface area contributed by atoms with E-state index in [2.05, 4.69) is 40.3 Å². The van der Waals surface area contributed by atoms with Gasteiger partial charge >= 0.3 is 0 Å². The first-order chi connectivity index (χ1) is 12.3. The third-order valence-corrected chi connectivity index (χ3v) is 7.59. The first-order valence-electron chi connectivity index (χ1n) is 10.3. The van der Waals surface area contributed by atoms with Gasteiger partial charge in [-0.15, -0.1) is 6.58 Å². The highest BCUT2D eigenvalue weighted by molar-refractivity contribution is 5.27. The van der Waals surface area contributed by atoms with Gasteiger partial charge in [-0.2, -0.15) is 0 Å². The average molecular weight is 357 g/mol. The van der Waals surface area contributed by atoms with E-state index in [-0.39, 0.29) is 10.8 Å². The van der Waals surface area contributed by atoms with Crippen molar-refractivity contribution in [2.45, 2.75) is 78.7 Å². The highest BCUT2D eigenvalue weighted by atomic mass is 16.3. The molecule has 0 aliphatic heterocycles. The summed E-state index contributed by atoms with van der Waals surface area (Å²) in [4.78, 5) is 0. The van der Waals surface area contributed by atoms with Gasteiger partial charge in [0, 0.05) is 5.56 Å². The van der Waals surface area contributed by atoms with Crippen molar-refractivity contribution in [3.63, 3.8) is 0 Å². The molecule has 0 amide bonds. The van der Waals surface area contributed by atoms with Crippen molar-refractivity contribution in [2.75, 3.05) is 0 Å². The standard InChI is InChI=1S/C24H36O2/c1-17(2)10-13-24(5)18(3)8-9-20-21(24)7-6-12-23(20,4)15-22(25)19-11-14-26-16-19/h7,11,14,16,18,20,22,25H,1,6,8-10,12-13,15H2,2-5H3/t18-,20+,22+,23-,24+/m1/s1. The number of aliphatic hydroxyl groups is 1. The van der Waals surface area contributed by atoms with Crippen LogP contribution in [0.5, 0.6) is 0 Å². The monoisotopic (exact) mass is 356 g/mol. The summed E-state index contributed by atoms with van der Waals surface area (Å²) in [6.45, 7) is 13.6. The van der Waals surface area contributed by atoms with Gasteiger partial charge in [-0.25, -0.2) is 0 Å². The average Bonchev–Trinajstić information content (AvgIpc) is 3.12. The summed E-state index contributed by atoms with van der Waals surface area (Å²) in [6, 6.07) is 1.90. The highest BCUT2D eigenvalue weighted by Gasteiger charge is 2.49. The van der Waals surface area contributed by atoms with Crippen LogP contribution in [-0.2, 0) is 0 Å². The summed E-state index contributed by atoms with van der Waals surface area (Å²) < 4.78 is 5.19. The van der Waals surface area contributed by atoms with Gasteiger partial charge in [-0.3, -0.25) is 0 Å². The molecule has 3 rings (SSSR count). The van der Waals surface area contributed by atoms with Crippen LogP contribution < -0.4 is 0 Å². The number of furan rings is 1. The summed E-state index contributed by atoms with van der Waals surface area (Å²) in [5, 5.41) is 10.8. The van der Waals surface area contributed by atoms with Crippen molar-refractivity contribution >= 4 is 0 Å². The van der Waals surface area contributed by atoms with Gasteiger partial charge in [0.15, 0.2) is 0 Å². The fourth-order valence-corrected chi connectivity index (χ4v) is 5.54. The van der Waals surface area contributed by atoms with E-state index in [1.807, 2.05) is 6.07 Å². The number of aliphatic hydroxyl groups excluding tert-OH is 1. The lowest BCUT2D eigenvalue weighted by Gasteiger charge is -2.54. The number of hydrogen-bond acceptors (Lipinski definition) is 2. The molecular formula is C24H36O2. The molecule has 0 bridgehead atoms. The molecule has 0 saturated heterocycles. The minimum absolute atomic E-state index is 0.158. The number of rotatable bonds is 6. The lowest BCUT2D eigenvalue weighted by Crippen LogP contribution is -2.44. The number of fused-ring (bicyclic) bond motifs is 1. The molecule has 1 saturated carbocycles. The van der Waals surface area contributed by atoms with E-state index in [0.717, 1.165) is 24.8 Å². The Hall–Kier alpha value is -1.28.